The van der Waals surface area contributed by atoms with Crippen LogP contribution in [0.3, 0.4) is 0 Å². The highest BCUT2D eigenvalue weighted by Crippen LogP contribution is 2.37. The Morgan fingerprint density at radius 3 is 1.87 bits per heavy atom. The highest BCUT2D eigenvalue weighted by atomic mass is 28.1. The number of benzene rings is 1. The van der Waals surface area contributed by atoms with Crippen LogP contribution in [0.15, 0.2) is 36.4 Å². The van der Waals surface area contributed by atoms with Gasteiger partial charge in [0.1, 0.15) is 0 Å². The van der Waals surface area contributed by atoms with E-state index in [1.807, 2.05) is 0 Å². The van der Waals surface area contributed by atoms with Crippen LogP contribution in [0, 0.1) is 17.8 Å². The monoisotopic (exact) mass is 326 g/mol. The standard InChI is InChI=1S/C22H34Si/c1-17-2-4-18(5-3-17)6-7-19-8-12-21(13-9-19)22-14-10-20(16-23)11-15-22/h6-7,10-11,14-15,17-19,21H,2-5,8-9,12-13,16H2,1,23H3/b7-6+. The molecule has 2 aliphatic carbocycles. The zero-order valence-electron chi connectivity index (χ0n) is 15.1. The summed E-state index contributed by atoms with van der Waals surface area (Å²) < 4.78 is 0. The average Bonchev–Trinajstić information content (AvgIpc) is 2.62. The fourth-order valence-corrected chi connectivity index (χ4v) is 4.93. The largest absolute Gasteiger partial charge is 0.0851 e. The molecule has 0 unspecified atom stereocenters. The van der Waals surface area contributed by atoms with E-state index in [0.717, 1.165) is 23.7 Å². The minimum atomic E-state index is 0.818. The van der Waals surface area contributed by atoms with Gasteiger partial charge in [-0.25, -0.2) is 0 Å². The van der Waals surface area contributed by atoms with Gasteiger partial charge in [-0.15, -0.1) is 0 Å². The van der Waals surface area contributed by atoms with Gasteiger partial charge in [-0.2, -0.15) is 0 Å². The zero-order chi connectivity index (χ0) is 16.1. The minimum absolute atomic E-state index is 0.818. The van der Waals surface area contributed by atoms with Crippen molar-refractivity contribution in [3.05, 3.63) is 47.5 Å². The van der Waals surface area contributed by atoms with Gasteiger partial charge in [0.2, 0.25) is 0 Å². The van der Waals surface area contributed by atoms with Gasteiger partial charge in [0.15, 0.2) is 0 Å². The lowest BCUT2D eigenvalue weighted by atomic mass is 9.77. The Bertz CT molecular complexity index is 485. The van der Waals surface area contributed by atoms with E-state index < -0.39 is 0 Å². The van der Waals surface area contributed by atoms with E-state index in [1.54, 1.807) is 5.56 Å². The molecule has 3 rings (SSSR count). The molecule has 0 heterocycles. The van der Waals surface area contributed by atoms with Gasteiger partial charge in [0, 0.05) is 10.2 Å². The van der Waals surface area contributed by atoms with Crippen molar-refractivity contribution >= 4 is 10.2 Å². The molecule has 1 aromatic rings. The summed E-state index contributed by atoms with van der Waals surface area (Å²) >= 11 is 0. The van der Waals surface area contributed by atoms with Gasteiger partial charge in [-0.3, -0.25) is 0 Å². The van der Waals surface area contributed by atoms with Crippen LogP contribution in [0.2, 0.25) is 0 Å². The van der Waals surface area contributed by atoms with E-state index in [0.29, 0.717) is 0 Å². The topological polar surface area (TPSA) is 0 Å². The van der Waals surface area contributed by atoms with Crippen LogP contribution in [0.5, 0.6) is 0 Å². The maximum atomic E-state index is 2.59. The highest BCUT2D eigenvalue weighted by molar-refractivity contribution is 6.08. The number of hydrogen-bond donors (Lipinski definition) is 0. The lowest BCUT2D eigenvalue weighted by Gasteiger charge is -2.28. The van der Waals surface area contributed by atoms with Crippen molar-refractivity contribution in [2.45, 2.75) is 70.3 Å². The molecule has 0 nitrogen and oxygen atoms in total. The van der Waals surface area contributed by atoms with Crippen molar-refractivity contribution in [2.24, 2.45) is 17.8 Å². The Morgan fingerprint density at radius 1 is 0.826 bits per heavy atom. The summed E-state index contributed by atoms with van der Waals surface area (Å²) in [7, 11) is 1.28. The summed E-state index contributed by atoms with van der Waals surface area (Å²) in [6.07, 6.45) is 16.5. The molecule has 0 saturated heterocycles. The molecule has 2 fully saturated rings. The predicted octanol–water partition coefficient (Wildman–Crippen LogP) is 5.21. The van der Waals surface area contributed by atoms with Crippen LogP contribution in [0.1, 0.15) is 75.3 Å². The Labute approximate surface area is 146 Å². The molecule has 0 N–H and O–H groups in total. The Balaban J connectivity index is 1.46. The zero-order valence-corrected chi connectivity index (χ0v) is 17.1. The maximum Gasteiger partial charge on any atom is 0.00833 e. The van der Waals surface area contributed by atoms with E-state index in [4.69, 9.17) is 0 Å². The van der Waals surface area contributed by atoms with E-state index in [2.05, 4.69) is 43.3 Å². The molecule has 23 heavy (non-hydrogen) atoms. The van der Waals surface area contributed by atoms with Gasteiger partial charge >= 0.3 is 0 Å². The third-order valence-electron chi connectivity index (χ3n) is 6.35. The molecule has 0 aromatic heterocycles. The Kier molecular flexibility index (Phi) is 6.16. The molecule has 0 spiro atoms. The molecular formula is C22H34Si. The fraction of sp³-hybridized carbons (Fsp3) is 0.636. The molecule has 2 saturated carbocycles. The van der Waals surface area contributed by atoms with Crippen LogP contribution in [0.4, 0.5) is 0 Å². The van der Waals surface area contributed by atoms with Crippen molar-refractivity contribution < 1.29 is 0 Å². The van der Waals surface area contributed by atoms with E-state index >= 15 is 0 Å². The Hall–Kier alpha value is -0.823. The molecule has 0 amide bonds. The van der Waals surface area contributed by atoms with Gasteiger partial charge in [0.05, 0.1) is 0 Å². The quantitative estimate of drug-likeness (QED) is 0.526. The van der Waals surface area contributed by atoms with Crippen LogP contribution >= 0.6 is 0 Å². The van der Waals surface area contributed by atoms with Crippen molar-refractivity contribution in [1.82, 2.24) is 0 Å². The van der Waals surface area contributed by atoms with Crippen molar-refractivity contribution in [3.8, 4) is 0 Å². The first-order valence-corrected chi connectivity index (χ1v) is 11.4. The molecule has 0 atom stereocenters. The minimum Gasteiger partial charge on any atom is -0.0851 e. The first-order chi connectivity index (χ1) is 11.2. The first kappa shape index (κ1) is 17.0. The molecule has 0 bridgehead atoms. The third-order valence-corrected chi connectivity index (χ3v) is 7.16. The van der Waals surface area contributed by atoms with E-state index in [1.165, 1.54) is 73.2 Å². The van der Waals surface area contributed by atoms with Gasteiger partial charge in [-0.1, -0.05) is 61.7 Å². The summed E-state index contributed by atoms with van der Waals surface area (Å²) in [4.78, 5) is 0. The molecule has 1 aromatic carbocycles. The van der Waals surface area contributed by atoms with Gasteiger partial charge in [-0.05, 0) is 73.8 Å². The molecule has 1 heteroatoms. The maximum absolute atomic E-state index is 2.59. The normalized spacial score (nSPS) is 32.4. The van der Waals surface area contributed by atoms with Crippen LogP contribution in [-0.4, -0.2) is 10.2 Å². The summed E-state index contributed by atoms with van der Waals surface area (Å²) in [6.45, 7) is 2.41. The second-order valence-electron chi connectivity index (χ2n) is 8.11. The van der Waals surface area contributed by atoms with Gasteiger partial charge < -0.3 is 0 Å². The van der Waals surface area contributed by atoms with E-state index in [-0.39, 0.29) is 0 Å². The summed E-state index contributed by atoms with van der Waals surface area (Å²) in [5, 5.41) is 0. The third kappa shape index (κ3) is 4.82. The van der Waals surface area contributed by atoms with Crippen LogP contribution in [-0.2, 0) is 6.04 Å². The van der Waals surface area contributed by atoms with Gasteiger partial charge in [0.25, 0.3) is 0 Å². The number of rotatable bonds is 4. The summed E-state index contributed by atoms with van der Waals surface area (Å²) in [5.74, 6) is 3.52. The second-order valence-corrected chi connectivity index (χ2v) is 8.82. The van der Waals surface area contributed by atoms with Crippen LogP contribution in [0.25, 0.3) is 0 Å². The molecule has 2 aliphatic rings. The Morgan fingerprint density at radius 2 is 1.35 bits per heavy atom. The molecule has 0 aliphatic heterocycles. The smallest absolute Gasteiger partial charge is 0.00833 e. The summed E-state index contributed by atoms with van der Waals surface area (Å²) in [6, 6.07) is 10.8. The lowest BCUT2D eigenvalue weighted by molar-refractivity contribution is 0.327. The van der Waals surface area contributed by atoms with Crippen molar-refractivity contribution in [2.75, 3.05) is 0 Å². The molecule has 0 radical (unpaired) electrons. The van der Waals surface area contributed by atoms with Crippen molar-refractivity contribution in [1.29, 1.82) is 0 Å². The molecule has 126 valence electrons. The SMILES string of the molecule is CC1CCC(/C=C/C2CCC(c3ccc(C[SiH3])cc3)CC2)CC1. The summed E-state index contributed by atoms with van der Waals surface area (Å²) in [5.41, 5.74) is 3.12. The predicted molar refractivity (Wildman–Crippen MR) is 105 cm³/mol. The number of allylic oxidation sites excluding steroid dienone is 2. The lowest BCUT2D eigenvalue weighted by Crippen LogP contribution is -2.13. The average molecular weight is 327 g/mol. The van der Waals surface area contributed by atoms with Crippen LogP contribution < -0.4 is 0 Å². The van der Waals surface area contributed by atoms with E-state index in [9.17, 15) is 0 Å². The van der Waals surface area contributed by atoms with Crippen molar-refractivity contribution in [3.63, 3.8) is 0 Å². The second kappa shape index (κ2) is 8.33. The first-order valence-electron chi connectivity index (χ1n) is 10.0. The molecular weight excluding hydrogens is 292 g/mol. The fourth-order valence-electron chi connectivity index (χ4n) is 4.46. The highest BCUT2D eigenvalue weighted by Gasteiger charge is 2.21. The number of hydrogen-bond acceptors (Lipinski definition) is 0.